The summed E-state index contributed by atoms with van der Waals surface area (Å²) in [6.45, 7) is 12.6. The van der Waals surface area contributed by atoms with Gasteiger partial charge in [-0.15, -0.1) is 5.92 Å². The predicted molar refractivity (Wildman–Crippen MR) is 91.7 cm³/mol. The molecule has 2 aliphatic carbocycles. The zero-order valence-corrected chi connectivity index (χ0v) is 14.0. The van der Waals surface area contributed by atoms with Crippen molar-refractivity contribution in [3.63, 3.8) is 0 Å². The van der Waals surface area contributed by atoms with Gasteiger partial charge in [-0.1, -0.05) is 39.7 Å². The summed E-state index contributed by atoms with van der Waals surface area (Å²) in [5, 5.41) is 0. The molecule has 0 heterocycles. The van der Waals surface area contributed by atoms with Crippen LogP contribution in [0, 0.1) is 11.8 Å². The monoisotopic (exact) mass is 287 g/mol. The van der Waals surface area contributed by atoms with Crippen LogP contribution in [0.2, 0.25) is 0 Å². The lowest BCUT2D eigenvalue weighted by molar-refractivity contribution is 0.320. The van der Waals surface area contributed by atoms with E-state index in [2.05, 4.69) is 56.6 Å². The molecule has 0 fully saturated rings. The molecule has 0 aliphatic heterocycles. The molecule has 2 heteroatoms. The lowest BCUT2D eigenvalue weighted by Gasteiger charge is -2.13. The van der Waals surface area contributed by atoms with E-state index in [1.165, 1.54) is 17.5 Å². The summed E-state index contributed by atoms with van der Waals surface area (Å²) in [6.07, 6.45) is 3.30. The topological polar surface area (TPSA) is 12.5 Å². The third-order valence-electron chi connectivity index (χ3n) is 3.37. The van der Waals surface area contributed by atoms with Crippen LogP contribution < -0.4 is 4.74 Å². The SMILES string of the molecule is CCCC#CCN(CC)CC.CCCOc1ccc2cc1-2. The molecule has 2 aliphatic rings. The number of unbranched alkanes of at least 4 members (excludes halogenated alkanes) is 1. The minimum Gasteiger partial charge on any atom is -0.493 e. The Morgan fingerprint density at radius 1 is 1.00 bits per heavy atom. The molecule has 21 heavy (non-hydrogen) atoms. The van der Waals surface area contributed by atoms with Crippen LogP contribution in [-0.4, -0.2) is 31.1 Å². The van der Waals surface area contributed by atoms with Crippen LogP contribution in [0.25, 0.3) is 11.1 Å². The van der Waals surface area contributed by atoms with Gasteiger partial charge in [-0.05, 0) is 43.6 Å². The maximum absolute atomic E-state index is 5.45. The third kappa shape index (κ3) is 6.69. The van der Waals surface area contributed by atoms with Crippen LogP contribution in [0.4, 0.5) is 0 Å². The molecular formula is C19H29NO. The van der Waals surface area contributed by atoms with Crippen molar-refractivity contribution in [1.29, 1.82) is 0 Å². The van der Waals surface area contributed by atoms with E-state index in [4.69, 9.17) is 4.74 Å². The van der Waals surface area contributed by atoms with Gasteiger partial charge in [0.05, 0.1) is 13.2 Å². The van der Waals surface area contributed by atoms with E-state index >= 15 is 0 Å². The second-order valence-corrected chi connectivity index (χ2v) is 5.12. The van der Waals surface area contributed by atoms with Crippen molar-refractivity contribution in [3.8, 4) is 28.7 Å². The Bertz CT molecular complexity index is 466. The quantitative estimate of drug-likeness (QED) is 0.691. The van der Waals surface area contributed by atoms with Gasteiger partial charge in [0, 0.05) is 12.0 Å². The molecule has 0 amide bonds. The van der Waals surface area contributed by atoms with Gasteiger partial charge in [0.1, 0.15) is 5.75 Å². The first-order valence-corrected chi connectivity index (χ1v) is 8.22. The molecular weight excluding hydrogens is 258 g/mol. The maximum atomic E-state index is 5.45. The molecule has 2 rings (SSSR count). The van der Waals surface area contributed by atoms with Crippen molar-refractivity contribution in [2.24, 2.45) is 0 Å². The molecule has 0 unspecified atom stereocenters. The zero-order valence-electron chi connectivity index (χ0n) is 14.0. The number of nitrogens with zero attached hydrogens (tertiary/aromatic N) is 1. The summed E-state index contributed by atoms with van der Waals surface area (Å²) < 4.78 is 5.45. The van der Waals surface area contributed by atoms with E-state index in [9.17, 15) is 0 Å². The van der Waals surface area contributed by atoms with Gasteiger partial charge >= 0.3 is 0 Å². The van der Waals surface area contributed by atoms with Crippen molar-refractivity contribution in [2.45, 2.75) is 47.0 Å². The van der Waals surface area contributed by atoms with Crippen molar-refractivity contribution < 1.29 is 4.74 Å². The van der Waals surface area contributed by atoms with Crippen molar-refractivity contribution in [1.82, 2.24) is 4.90 Å². The van der Waals surface area contributed by atoms with Crippen LogP contribution in [0.15, 0.2) is 18.2 Å². The fraction of sp³-hybridized carbons (Fsp3) is 0.579. The molecule has 0 aromatic rings. The molecule has 0 aromatic carbocycles. The Balaban J connectivity index is 0.000000210. The van der Waals surface area contributed by atoms with E-state index in [-0.39, 0.29) is 0 Å². The van der Waals surface area contributed by atoms with Gasteiger partial charge in [0.15, 0.2) is 0 Å². The molecule has 0 atom stereocenters. The summed E-state index contributed by atoms with van der Waals surface area (Å²) in [6, 6.07) is 6.28. The number of rotatable bonds is 7. The Kier molecular flexibility index (Phi) is 8.62. The molecule has 0 aromatic heterocycles. The lowest BCUT2D eigenvalue weighted by Crippen LogP contribution is -2.22. The number of hydrogen-bond donors (Lipinski definition) is 0. The van der Waals surface area contributed by atoms with Gasteiger partial charge in [0.25, 0.3) is 0 Å². The normalized spacial score (nSPS) is 10.3. The Hall–Kier alpha value is -1.46. The standard InChI is InChI=1S/C10H19N.C9H10O/c1-4-7-8-9-10-11(5-2)6-3;1-2-5-10-9-4-3-7-6-8(7)9/h4-7,10H2,1-3H3;3-4,6H,2,5H2,1H3. The van der Waals surface area contributed by atoms with Crippen LogP contribution >= 0.6 is 0 Å². The second kappa shape index (κ2) is 10.3. The summed E-state index contributed by atoms with van der Waals surface area (Å²) >= 11 is 0. The summed E-state index contributed by atoms with van der Waals surface area (Å²) in [7, 11) is 0. The average molecular weight is 287 g/mol. The van der Waals surface area contributed by atoms with Crippen LogP contribution in [0.1, 0.15) is 47.0 Å². The van der Waals surface area contributed by atoms with Crippen LogP contribution in [0.3, 0.4) is 0 Å². The predicted octanol–water partition coefficient (Wildman–Crippen LogP) is 4.59. The van der Waals surface area contributed by atoms with Crippen LogP contribution in [-0.2, 0) is 0 Å². The highest BCUT2D eigenvalue weighted by Gasteiger charge is 2.17. The smallest absolute Gasteiger partial charge is 0.127 e. The first kappa shape index (κ1) is 17.6. The molecule has 116 valence electrons. The molecule has 0 saturated carbocycles. The second-order valence-electron chi connectivity index (χ2n) is 5.12. The highest BCUT2D eigenvalue weighted by molar-refractivity contribution is 5.87. The molecule has 0 N–H and O–H groups in total. The number of fused-ring (bicyclic) bond motifs is 1. The van der Waals surface area contributed by atoms with E-state index in [0.717, 1.165) is 44.8 Å². The number of benzene rings is 1. The van der Waals surface area contributed by atoms with E-state index in [1.54, 1.807) is 0 Å². The highest BCUT2D eigenvalue weighted by Crippen LogP contribution is 2.43. The zero-order chi connectivity index (χ0) is 15.5. The van der Waals surface area contributed by atoms with Gasteiger partial charge in [0.2, 0.25) is 0 Å². The Morgan fingerprint density at radius 2 is 1.76 bits per heavy atom. The van der Waals surface area contributed by atoms with Crippen molar-refractivity contribution in [2.75, 3.05) is 26.2 Å². The Morgan fingerprint density at radius 3 is 2.24 bits per heavy atom. The first-order valence-electron chi connectivity index (χ1n) is 8.22. The Labute approximate surface area is 130 Å². The first-order chi connectivity index (χ1) is 10.3. The van der Waals surface area contributed by atoms with E-state index in [0.29, 0.717) is 0 Å². The minimum absolute atomic E-state index is 0.838. The van der Waals surface area contributed by atoms with Gasteiger partial charge < -0.3 is 4.74 Å². The number of ether oxygens (including phenoxy) is 1. The van der Waals surface area contributed by atoms with Crippen molar-refractivity contribution >= 4 is 0 Å². The van der Waals surface area contributed by atoms with Gasteiger partial charge in [-0.3, -0.25) is 4.90 Å². The van der Waals surface area contributed by atoms with Gasteiger partial charge in [-0.2, -0.15) is 0 Å². The van der Waals surface area contributed by atoms with E-state index in [1.807, 2.05) is 6.07 Å². The van der Waals surface area contributed by atoms with Crippen molar-refractivity contribution in [3.05, 3.63) is 18.2 Å². The summed E-state index contributed by atoms with van der Waals surface area (Å²) in [5.41, 5.74) is 2.67. The maximum Gasteiger partial charge on any atom is 0.127 e. The molecule has 0 bridgehead atoms. The molecule has 0 spiro atoms. The average Bonchev–Trinajstić information content (AvgIpc) is 3.19. The molecule has 0 radical (unpaired) electrons. The lowest BCUT2D eigenvalue weighted by atomic mass is 10.3. The highest BCUT2D eigenvalue weighted by atomic mass is 16.5. The largest absolute Gasteiger partial charge is 0.493 e. The molecule has 2 nitrogen and oxygen atoms in total. The fourth-order valence-electron chi connectivity index (χ4n) is 1.89. The summed E-state index contributed by atoms with van der Waals surface area (Å²) in [5.74, 6) is 7.37. The van der Waals surface area contributed by atoms with Crippen LogP contribution in [0.5, 0.6) is 5.75 Å². The summed E-state index contributed by atoms with van der Waals surface area (Å²) in [4.78, 5) is 2.32. The van der Waals surface area contributed by atoms with E-state index < -0.39 is 0 Å². The number of hydrogen-bond acceptors (Lipinski definition) is 2. The third-order valence-corrected chi connectivity index (χ3v) is 3.37. The molecule has 0 saturated heterocycles. The fourth-order valence-corrected chi connectivity index (χ4v) is 1.89. The van der Waals surface area contributed by atoms with Gasteiger partial charge in [-0.25, -0.2) is 0 Å². The minimum atomic E-state index is 0.838.